The highest BCUT2D eigenvalue weighted by Gasteiger charge is 2.00. The van der Waals surface area contributed by atoms with E-state index in [4.69, 9.17) is 0 Å². The third-order valence-electron chi connectivity index (χ3n) is 2.02. The Morgan fingerprint density at radius 3 is 2.31 bits per heavy atom. The van der Waals surface area contributed by atoms with Crippen LogP contribution >= 0.6 is 0 Å². The molecule has 90 valence electrons. The zero-order chi connectivity index (χ0) is 12.6. The van der Waals surface area contributed by atoms with Crippen LogP contribution in [0, 0.1) is 0 Å². The molecule has 0 aliphatic rings. The maximum atomic E-state index is 4.36. The standard InChI is InChI=1S/C10H12N2.2C2H6/c1-8(2)10-7-12-5-3-4-9(12)6-11-10;2*1-2/h3-8H,1-2H3;2*1-2H3. The highest BCUT2D eigenvalue weighted by Crippen LogP contribution is 2.12. The molecule has 2 heteroatoms. The van der Waals surface area contributed by atoms with Crippen molar-refractivity contribution in [3.05, 3.63) is 36.4 Å². The average Bonchev–Trinajstić information content (AvgIpc) is 2.81. The molecular formula is C14H24N2. The smallest absolute Gasteiger partial charge is 0.0634 e. The highest BCUT2D eigenvalue weighted by molar-refractivity contribution is 5.45. The van der Waals surface area contributed by atoms with Gasteiger partial charge in [0.05, 0.1) is 17.4 Å². The number of nitrogens with zero attached hydrogens (tertiary/aromatic N) is 2. The van der Waals surface area contributed by atoms with Gasteiger partial charge in [0.2, 0.25) is 0 Å². The van der Waals surface area contributed by atoms with Crippen LogP contribution in [-0.4, -0.2) is 9.38 Å². The molecule has 0 N–H and O–H groups in total. The summed E-state index contributed by atoms with van der Waals surface area (Å²) in [4.78, 5) is 4.36. The maximum absolute atomic E-state index is 4.36. The van der Waals surface area contributed by atoms with E-state index in [1.54, 1.807) is 0 Å². The van der Waals surface area contributed by atoms with Gasteiger partial charge in [-0.15, -0.1) is 0 Å². The van der Waals surface area contributed by atoms with Crippen molar-refractivity contribution in [3.63, 3.8) is 0 Å². The second kappa shape index (κ2) is 7.91. The molecule has 0 fully saturated rings. The Bertz CT molecular complexity index is 388. The summed E-state index contributed by atoms with van der Waals surface area (Å²) in [6.07, 6.45) is 6.04. The van der Waals surface area contributed by atoms with E-state index in [1.807, 2.05) is 46.2 Å². The molecule has 0 aliphatic carbocycles. The third kappa shape index (κ3) is 3.69. The lowest BCUT2D eigenvalue weighted by atomic mass is 10.1. The van der Waals surface area contributed by atoms with Crippen molar-refractivity contribution in [2.75, 3.05) is 0 Å². The van der Waals surface area contributed by atoms with Crippen molar-refractivity contribution >= 4 is 5.52 Å². The lowest BCUT2D eigenvalue weighted by Crippen LogP contribution is -1.94. The molecule has 0 atom stereocenters. The molecule has 0 radical (unpaired) electrons. The molecular weight excluding hydrogens is 196 g/mol. The van der Waals surface area contributed by atoms with Crippen LogP contribution in [0.2, 0.25) is 0 Å². The Hall–Kier alpha value is -1.31. The van der Waals surface area contributed by atoms with Crippen LogP contribution in [0.1, 0.15) is 53.2 Å². The maximum Gasteiger partial charge on any atom is 0.0634 e. The van der Waals surface area contributed by atoms with Gasteiger partial charge in [0.15, 0.2) is 0 Å². The first-order chi connectivity index (χ1) is 7.77. The normalized spacial score (nSPS) is 9.19. The van der Waals surface area contributed by atoms with Crippen LogP contribution in [-0.2, 0) is 0 Å². The lowest BCUT2D eigenvalue weighted by molar-refractivity contribution is 0.809. The second-order valence-corrected chi connectivity index (χ2v) is 3.31. The van der Waals surface area contributed by atoms with Gasteiger partial charge >= 0.3 is 0 Å². The number of rotatable bonds is 1. The van der Waals surface area contributed by atoms with E-state index in [0.29, 0.717) is 5.92 Å². The van der Waals surface area contributed by atoms with E-state index < -0.39 is 0 Å². The minimum Gasteiger partial charge on any atom is -0.321 e. The molecule has 0 unspecified atom stereocenters. The predicted octanol–water partition coefficient (Wildman–Crippen LogP) is 4.51. The van der Waals surface area contributed by atoms with E-state index in [1.165, 1.54) is 0 Å². The molecule has 0 saturated heterocycles. The summed E-state index contributed by atoms with van der Waals surface area (Å²) in [7, 11) is 0. The largest absolute Gasteiger partial charge is 0.321 e. The van der Waals surface area contributed by atoms with Gasteiger partial charge < -0.3 is 4.40 Å². The second-order valence-electron chi connectivity index (χ2n) is 3.31. The molecule has 2 aromatic rings. The summed E-state index contributed by atoms with van der Waals surface area (Å²) in [5.41, 5.74) is 2.29. The van der Waals surface area contributed by atoms with Gasteiger partial charge in [-0.25, -0.2) is 0 Å². The van der Waals surface area contributed by atoms with Gasteiger partial charge in [0.1, 0.15) is 0 Å². The van der Waals surface area contributed by atoms with E-state index in [9.17, 15) is 0 Å². The molecule has 2 nitrogen and oxygen atoms in total. The van der Waals surface area contributed by atoms with E-state index in [2.05, 4.69) is 35.5 Å². The Morgan fingerprint density at radius 1 is 1.12 bits per heavy atom. The van der Waals surface area contributed by atoms with Crippen LogP contribution in [0.25, 0.3) is 5.52 Å². The van der Waals surface area contributed by atoms with Gasteiger partial charge in [-0.2, -0.15) is 0 Å². The summed E-state index contributed by atoms with van der Waals surface area (Å²) >= 11 is 0. The van der Waals surface area contributed by atoms with Crippen molar-refractivity contribution in [1.29, 1.82) is 0 Å². The Labute approximate surface area is 99.3 Å². The average molecular weight is 220 g/mol. The summed E-state index contributed by atoms with van der Waals surface area (Å²) in [5, 5.41) is 0. The fourth-order valence-electron chi connectivity index (χ4n) is 1.25. The van der Waals surface area contributed by atoms with Gasteiger partial charge in [-0.1, -0.05) is 41.5 Å². The number of aromatic nitrogens is 2. The number of fused-ring (bicyclic) bond motifs is 1. The quantitative estimate of drug-likeness (QED) is 0.691. The SMILES string of the molecule is CC.CC.CC(C)c1cn2cccc2cn1. The van der Waals surface area contributed by atoms with Crippen molar-refractivity contribution in [1.82, 2.24) is 9.38 Å². The third-order valence-corrected chi connectivity index (χ3v) is 2.02. The lowest BCUT2D eigenvalue weighted by Gasteiger charge is -2.04. The zero-order valence-electron chi connectivity index (χ0n) is 11.4. The van der Waals surface area contributed by atoms with E-state index >= 15 is 0 Å². The Balaban J connectivity index is 0.000000509. The Morgan fingerprint density at radius 2 is 1.75 bits per heavy atom. The van der Waals surface area contributed by atoms with E-state index in [-0.39, 0.29) is 0 Å². The molecule has 0 bridgehead atoms. The Kier molecular flexibility index (Phi) is 7.27. The highest BCUT2D eigenvalue weighted by atomic mass is 14.9. The first kappa shape index (κ1) is 14.7. The molecule has 0 spiro atoms. The van der Waals surface area contributed by atoms with Crippen LogP contribution in [0.3, 0.4) is 0 Å². The zero-order valence-corrected chi connectivity index (χ0v) is 11.4. The number of hydrogen-bond acceptors (Lipinski definition) is 1. The predicted molar refractivity (Wildman–Crippen MR) is 72.0 cm³/mol. The first-order valence-electron chi connectivity index (χ1n) is 6.20. The van der Waals surface area contributed by atoms with Crippen molar-refractivity contribution in [3.8, 4) is 0 Å². The van der Waals surface area contributed by atoms with Crippen LogP contribution < -0.4 is 0 Å². The van der Waals surface area contributed by atoms with E-state index in [0.717, 1.165) is 11.2 Å². The fraction of sp³-hybridized carbons (Fsp3) is 0.500. The topological polar surface area (TPSA) is 17.3 Å². The first-order valence-corrected chi connectivity index (χ1v) is 6.20. The molecule has 0 amide bonds. The van der Waals surface area contributed by atoms with Crippen molar-refractivity contribution in [2.24, 2.45) is 0 Å². The fourth-order valence-corrected chi connectivity index (χ4v) is 1.25. The minimum absolute atomic E-state index is 0.497. The monoisotopic (exact) mass is 220 g/mol. The van der Waals surface area contributed by atoms with Gasteiger partial charge in [-0.3, -0.25) is 4.98 Å². The summed E-state index contributed by atoms with van der Waals surface area (Å²) in [6, 6.07) is 4.08. The summed E-state index contributed by atoms with van der Waals surface area (Å²) in [6.45, 7) is 12.3. The molecule has 16 heavy (non-hydrogen) atoms. The molecule has 0 saturated carbocycles. The summed E-state index contributed by atoms with van der Waals surface area (Å²) < 4.78 is 2.10. The minimum atomic E-state index is 0.497. The summed E-state index contributed by atoms with van der Waals surface area (Å²) in [5.74, 6) is 0.497. The molecule has 2 aromatic heterocycles. The van der Waals surface area contributed by atoms with Gasteiger partial charge in [0.25, 0.3) is 0 Å². The van der Waals surface area contributed by atoms with Gasteiger partial charge in [0, 0.05) is 12.4 Å². The molecule has 0 aliphatic heterocycles. The van der Waals surface area contributed by atoms with Crippen LogP contribution in [0.15, 0.2) is 30.7 Å². The van der Waals surface area contributed by atoms with Gasteiger partial charge in [-0.05, 0) is 18.1 Å². The van der Waals surface area contributed by atoms with Crippen molar-refractivity contribution in [2.45, 2.75) is 47.5 Å². The van der Waals surface area contributed by atoms with Crippen LogP contribution in [0.5, 0.6) is 0 Å². The molecule has 2 rings (SSSR count). The van der Waals surface area contributed by atoms with Crippen LogP contribution in [0.4, 0.5) is 0 Å². The van der Waals surface area contributed by atoms with Crippen molar-refractivity contribution < 1.29 is 0 Å². The molecule has 2 heterocycles. The molecule has 0 aromatic carbocycles. The number of hydrogen-bond donors (Lipinski definition) is 0.